The maximum absolute atomic E-state index is 12.9. The van der Waals surface area contributed by atoms with Crippen LogP contribution in [0.4, 0.5) is 23.7 Å². The van der Waals surface area contributed by atoms with Crippen LogP contribution in [0.3, 0.4) is 0 Å². The molecule has 0 saturated heterocycles. The zero-order chi connectivity index (χ0) is 19.4. The van der Waals surface area contributed by atoms with Crippen molar-refractivity contribution >= 4 is 23.3 Å². The highest BCUT2D eigenvalue weighted by molar-refractivity contribution is 6.31. The van der Waals surface area contributed by atoms with Gasteiger partial charge < -0.3 is 10.6 Å². The largest absolute Gasteiger partial charge is 0.417 e. The fraction of sp³-hybridized carbons (Fsp3) is 0.111. The SMILES string of the molecule is O=C(NCc1ccc(-c2cn[nH]c2)cc1)Nc1ccc(Cl)c(C(F)(F)F)c1. The van der Waals surface area contributed by atoms with Crippen molar-refractivity contribution in [3.8, 4) is 11.1 Å². The molecule has 1 aromatic heterocycles. The third-order valence-corrected chi connectivity index (χ3v) is 4.10. The third kappa shape index (κ3) is 4.79. The highest BCUT2D eigenvalue weighted by Gasteiger charge is 2.33. The first-order valence-electron chi connectivity index (χ1n) is 7.82. The van der Waals surface area contributed by atoms with Crippen molar-refractivity contribution in [3.05, 3.63) is 71.0 Å². The van der Waals surface area contributed by atoms with Crippen molar-refractivity contribution in [2.45, 2.75) is 12.7 Å². The van der Waals surface area contributed by atoms with Crippen LogP contribution >= 0.6 is 11.6 Å². The topological polar surface area (TPSA) is 69.8 Å². The number of anilines is 1. The molecule has 3 aromatic rings. The second kappa shape index (κ2) is 7.71. The second-order valence-electron chi connectivity index (χ2n) is 5.68. The molecule has 0 bridgehead atoms. The normalized spacial score (nSPS) is 11.3. The summed E-state index contributed by atoms with van der Waals surface area (Å²) in [6.45, 7) is 0.219. The summed E-state index contributed by atoms with van der Waals surface area (Å²) in [4.78, 5) is 11.9. The molecule has 0 aliphatic rings. The van der Waals surface area contributed by atoms with Crippen molar-refractivity contribution in [1.29, 1.82) is 0 Å². The minimum Gasteiger partial charge on any atom is -0.334 e. The maximum Gasteiger partial charge on any atom is 0.417 e. The summed E-state index contributed by atoms with van der Waals surface area (Å²) >= 11 is 5.55. The first-order valence-corrected chi connectivity index (χ1v) is 8.20. The number of nitrogens with zero attached hydrogens (tertiary/aromatic N) is 1. The van der Waals surface area contributed by atoms with E-state index < -0.39 is 22.8 Å². The Kier molecular flexibility index (Phi) is 5.36. The number of aromatic amines is 1. The van der Waals surface area contributed by atoms with E-state index in [1.165, 1.54) is 6.07 Å². The van der Waals surface area contributed by atoms with E-state index in [1.807, 2.05) is 24.3 Å². The van der Waals surface area contributed by atoms with E-state index in [4.69, 9.17) is 11.6 Å². The van der Waals surface area contributed by atoms with E-state index in [2.05, 4.69) is 20.8 Å². The number of urea groups is 1. The number of H-pyrrole nitrogens is 1. The van der Waals surface area contributed by atoms with Crippen LogP contribution in [-0.4, -0.2) is 16.2 Å². The zero-order valence-corrected chi connectivity index (χ0v) is 14.5. The lowest BCUT2D eigenvalue weighted by atomic mass is 10.1. The minimum atomic E-state index is -4.60. The number of nitrogens with one attached hydrogen (secondary N) is 3. The third-order valence-electron chi connectivity index (χ3n) is 3.77. The van der Waals surface area contributed by atoms with E-state index in [-0.39, 0.29) is 12.2 Å². The Morgan fingerprint density at radius 2 is 1.85 bits per heavy atom. The Morgan fingerprint density at radius 1 is 1.11 bits per heavy atom. The Hall–Kier alpha value is -3.00. The second-order valence-corrected chi connectivity index (χ2v) is 6.09. The fourth-order valence-corrected chi connectivity index (χ4v) is 2.63. The lowest BCUT2D eigenvalue weighted by molar-refractivity contribution is -0.137. The van der Waals surface area contributed by atoms with Gasteiger partial charge in [0.15, 0.2) is 0 Å². The van der Waals surface area contributed by atoms with Crippen LogP contribution in [0.15, 0.2) is 54.9 Å². The number of hydrogen-bond acceptors (Lipinski definition) is 2. The summed E-state index contributed by atoms with van der Waals surface area (Å²) in [5.41, 5.74) is 1.74. The van der Waals surface area contributed by atoms with Gasteiger partial charge in [0.2, 0.25) is 0 Å². The van der Waals surface area contributed by atoms with Gasteiger partial charge in [-0.1, -0.05) is 35.9 Å². The summed E-state index contributed by atoms with van der Waals surface area (Å²) in [6.07, 6.45) is -1.13. The monoisotopic (exact) mass is 394 g/mol. The van der Waals surface area contributed by atoms with Gasteiger partial charge in [-0.2, -0.15) is 18.3 Å². The summed E-state index contributed by atoms with van der Waals surface area (Å²) in [6, 6.07) is 10.0. The molecular weight excluding hydrogens is 381 g/mol. The molecule has 0 aliphatic carbocycles. The number of rotatable bonds is 4. The molecule has 0 radical (unpaired) electrons. The summed E-state index contributed by atoms with van der Waals surface area (Å²) in [5, 5.41) is 11.1. The van der Waals surface area contributed by atoms with Gasteiger partial charge in [-0.15, -0.1) is 0 Å². The Labute approximate surface area is 157 Å². The molecule has 9 heteroatoms. The molecule has 27 heavy (non-hydrogen) atoms. The highest BCUT2D eigenvalue weighted by Crippen LogP contribution is 2.36. The summed E-state index contributed by atoms with van der Waals surface area (Å²) in [5.74, 6) is 0. The van der Waals surface area contributed by atoms with E-state index in [0.29, 0.717) is 0 Å². The van der Waals surface area contributed by atoms with Gasteiger partial charge in [-0.05, 0) is 29.3 Å². The van der Waals surface area contributed by atoms with Gasteiger partial charge in [-0.25, -0.2) is 4.79 Å². The molecule has 3 rings (SSSR count). The smallest absolute Gasteiger partial charge is 0.334 e. The molecule has 2 aromatic carbocycles. The lowest BCUT2D eigenvalue weighted by Gasteiger charge is -2.12. The molecule has 1 heterocycles. The molecule has 0 unspecified atom stereocenters. The van der Waals surface area contributed by atoms with Crippen molar-refractivity contribution in [3.63, 3.8) is 0 Å². The number of carbonyl (C=O) groups excluding carboxylic acids is 1. The summed E-state index contributed by atoms with van der Waals surface area (Å²) < 4.78 is 38.6. The highest BCUT2D eigenvalue weighted by atomic mass is 35.5. The van der Waals surface area contributed by atoms with Gasteiger partial charge in [0.05, 0.1) is 16.8 Å². The molecule has 0 spiro atoms. The predicted molar refractivity (Wildman–Crippen MR) is 96.3 cm³/mol. The molecule has 0 saturated carbocycles. The van der Waals surface area contributed by atoms with Crippen molar-refractivity contribution < 1.29 is 18.0 Å². The average Bonchev–Trinajstić information content (AvgIpc) is 3.16. The number of benzene rings is 2. The number of hydrogen-bond donors (Lipinski definition) is 3. The Bertz CT molecular complexity index is 925. The van der Waals surface area contributed by atoms with Crippen LogP contribution in [-0.2, 0) is 12.7 Å². The standard InChI is InChI=1S/C18H14ClF3N4O/c19-16-6-5-14(7-15(16)18(20,21)22)26-17(27)23-8-11-1-3-12(4-2-11)13-9-24-25-10-13/h1-7,9-10H,8H2,(H,24,25)(H2,23,26,27). The minimum absolute atomic E-state index is 0.000435. The quantitative estimate of drug-likeness (QED) is 0.578. The average molecular weight is 395 g/mol. The lowest BCUT2D eigenvalue weighted by Crippen LogP contribution is -2.28. The van der Waals surface area contributed by atoms with E-state index >= 15 is 0 Å². The number of aromatic nitrogens is 2. The number of halogens is 4. The fourth-order valence-electron chi connectivity index (χ4n) is 2.40. The van der Waals surface area contributed by atoms with Crippen LogP contribution in [0.5, 0.6) is 0 Å². The van der Waals surface area contributed by atoms with Crippen molar-refractivity contribution in [1.82, 2.24) is 15.5 Å². The van der Waals surface area contributed by atoms with Crippen molar-refractivity contribution in [2.24, 2.45) is 0 Å². The number of amides is 2. The molecule has 5 nitrogen and oxygen atoms in total. The van der Waals surface area contributed by atoms with Crippen LogP contribution in [0.25, 0.3) is 11.1 Å². The molecule has 3 N–H and O–H groups in total. The number of carbonyl (C=O) groups is 1. The Morgan fingerprint density at radius 3 is 2.48 bits per heavy atom. The predicted octanol–water partition coefficient (Wildman–Crippen LogP) is 5.07. The molecule has 0 aliphatic heterocycles. The van der Waals surface area contributed by atoms with Crippen molar-refractivity contribution in [2.75, 3.05) is 5.32 Å². The molecule has 2 amide bonds. The van der Waals surface area contributed by atoms with E-state index in [0.717, 1.165) is 28.8 Å². The van der Waals surface area contributed by atoms with Gasteiger partial charge in [-0.3, -0.25) is 5.10 Å². The maximum atomic E-state index is 12.9. The van der Waals surface area contributed by atoms with Crippen LogP contribution in [0.2, 0.25) is 5.02 Å². The number of alkyl halides is 3. The first-order chi connectivity index (χ1) is 12.8. The van der Waals surface area contributed by atoms with Gasteiger partial charge in [0.1, 0.15) is 0 Å². The van der Waals surface area contributed by atoms with Crippen LogP contribution in [0, 0.1) is 0 Å². The van der Waals surface area contributed by atoms with Gasteiger partial charge in [0.25, 0.3) is 0 Å². The van der Waals surface area contributed by atoms with Gasteiger partial charge >= 0.3 is 12.2 Å². The summed E-state index contributed by atoms with van der Waals surface area (Å²) in [7, 11) is 0. The van der Waals surface area contributed by atoms with Crippen LogP contribution < -0.4 is 10.6 Å². The molecular formula is C18H14ClF3N4O. The molecule has 0 fully saturated rings. The Balaban J connectivity index is 1.58. The molecule has 0 atom stereocenters. The zero-order valence-electron chi connectivity index (χ0n) is 13.8. The van der Waals surface area contributed by atoms with E-state index in [9.17, 15) is 18.0 Å². The first kappa shape index (κ1) is 18.8. The molecule has 140 valence electrons. The van der Waals surface area contributed by atoms with Crippen LogP contribution in [0.1, 0.15) is 11.1 Å². The van der Waals surface area contributed by atoms with Gasteiger partial charge in [0, 0.05) is 24.0 Å². The van der Waals surface area contributed by atoms with E-state index in [1.54, 1.807) is 12.4 Å².